The van der Waals surface area contributed by atoms with Crippen molar-refractivity contribution >= 4 is 18.7 Å². The molecule has 2 aliphatic rings. The standard InChI is InChI=1S/C22H29NOSi/c1-21(2,3)25(19-10-6-4-7-11-19,20-12-8-5-9-13-20)24-18-14-22(15-18)16-23-17-22/h4-13,18,23H,14-17H2,1-3H3. The van der Waals surface area contributed by atoms with Gasteiger partial charge in [0.05, 0.1) is 0 Å². The fraction of sp³-hybridized carbons (Fsp3) is 0.455. The normalized spacial score (nSPS) is 20.1. The van der Waals surface area contributed by atoms with Gasteiger partial charge >= 0.3 is 0 Å². The van der Waals surface area contributed by atoms with Crippen LogP contribution in [0.3, 0.4) is 0 Å². The number of nitrogens with one attached hydrogen (secondary N) is 1. The van der Waals surface area contributed by atoms with E-state index in [1.807, 2.05) is 0 Å². The van der Waals surface area contributed by atoms with E-state index >= 15 is 0 Å². The first-order valence-corrected chi connectivity index (χ1v) is 11.4. The van der Waals surface area contributed by atoms with Crippen LogP contribution in [0.4, 0.5) is 0 Å². The fourth-order valence-electron chi connectivity index (χ4n) is 4.70. The minimum Gasteiger partial charge on any atom is -0.404 e. The third-order valence-corrected chi connectivity index (χ3v) is 11.2. The molecule has 132 valence electrons. The van der Waals surface area contributed by atoms with Gasteiger partial charge in [-0.25, -0.2) is 0 Å². The van der Waals surface area contributed by atoms with Crippen LogP contribution >= 0.6 is 0 Å². The number of hydrogen-bond acceptors (Lipinski definition) is 2. The highest BCUT2D eigenvalue weighted by molar-refractivity contribution is 6.99. The van der Waals surface area contributed by atoms with Crippen LogP contribution in [0.2, 0.25) is 5.04 Å². The Morgan fingerprint density at radius 2 is 1.36 bits per heavy atom. The highest BCUT2D eigenvalue weighted by Gasteiger charge is 2.56. The molecule has 2 nitrogen and oxygen atoms in total. The quantitative estimate of drug-likeness (QED) is 0.853. The second-order valence-corrected chi connectivity index (χ2v) is 13.2. The summed E-state index contributed by atoms with van der Waals surface area (Å²) >= 11 is 0. The average Bonchev–Trinajstić information content (AvgIpc) is 2.53. The molecule has 1 aliphatic heterocycles. The van der Waals surface area contributed by atoms with E-state index in [-0.39, 0.29) is 5.04 Å². The summed E-state index contributed by atoms with van der Waals surface area (Å²) in [6, 6.07) is 22.0. The van der Waals surface area contributed by atoms with Crippen molar-refractivity contribution in [2.24, 2.45) is 5.41 Å². The number of benzene rings is 2. The summed E-state index contributed by atoms with van der Waals surface area (Å²) in [6.07, 6.45) is 2.82. The van der Waals surface area contributed by atoms with Gasteiger partial charge in [0.15, 0.2) is 0 Å². The Labute approximate surface area is 152 Å². The molecule has 0 bridgehead atoms. The van der Waals surface area contributed by atoms with Gasteiger partial charge < -0.3 is 9.74 Å². The molecule has 2 aromatic carbocycles. The molecular weight excluding hydrogens is 322 g/mol. The molecule has 2 aromatic rings. The molecule has 2 fully saturated rings. The molecule has 25 heavy (non-hydrogen) atoms. The van der Waals surface area contributed by atoms with E-state index in [4.69, 9.17) is 4.43 Å². The Hall–Kier alpha value is -1.42. The van der Waals surface area contributed by atoms with Crippen molar-refractivity contribution in [2.75, 3.05) is 13.1 Å². The predicted molar refractivity (Wildman–Crippen MR) is 107 cm³/mol. The Bertz CT molecular complexity index is 671. The average molecular weight is 352 g/mol. The van der Waals surface area contributed by atoms with E-state index in [0.717, 1.165) is 0 Å². The van der Waals surface area contributed by atoms with Gasteiger partial charge in [-0.15, -0.1) is 0 Å². The molecule has 1 aliphatic carbocycles. The van der Waals surface area contributed by atoms with Crippen LogP contribution < -0.4 is 15.7 Å². The summed E-state index contributed by atoms with van der Waals surface area (Å²) in [5, 5.41) is 6.30. The fourth-order valence-corrected chi connectivity index (χ4v) is 9.38. The van der Waals surface area contributed by atoms with Crippen LogP contribution in [0.15, 0.2) is 60.7 Å². The maximum absolute atomic E-state index is 7.15. The van der Waals surface area contributed by atoms with Crippen molar-refractivity contribution in [3.63, 3.8) is 0 Å². The highest BCUT2D eigenvalue weighted by Crippen LogP contribution is 2.48. The summed E-state index contributed by atoms with van der Waals surface area (Å²) in [6.45, 7) is 9.43. The zero-order valence-electron chi connectivity index (χ0n) is 15.6. The lowest BCUT2D eigenvalue weighted by atomic mass is 9.63. The van der Waals surface area contributed by atoms with Crippen molar-refractivity contribution in [1.82, 2.24) is 5.32 Å². The number of rotatable bonds is 4. The van der Waals surface area contributed by atoms with Gasteiger partial charge in [0.25, 0.3) is 8.32 Å². The van der Waals surface area contributed by atoms with Crippen molar-refractivity contribution in [3.8, 4) is 0 Å². The Morgan fingerprint density at radius 1 is 0.880 bits per heavy atom. The van der Waals surface area contributed by atoms with Crippen LogP contribution in [-0.4, -0.2) is 27.5 Å². The van der Waals surface area contributed by atoms with Crippen molar-refractivity contribution in [3.05, 3.63) is 60.7 Å². The van der Waals surface area contributed by atoms with Gasteiger partial charge in [0.2, 0.25) is 0 Å². The zero-order valence-corrected chi connectivity index (χ0v) is 16.6. The summed E-state index contributed by atoms with van der Waals surface area (Å²) in [4.78, 5) is 0. The van der Waals surface area contributed by atoms with Crippen molar-refractivity contribution in [2.45, 2.75) is 44.8 Å². The number of hydrogen-bond donors (Lipinski definition) is 1. The van der Waals surface area contributed by atoms with Crippen molar-refractivity contribution < 1.29 is 4.43 Å². The SMILES string of the molecule is CC(C)(C)[Si](OC1CC2(CNC2)C1)(c1ccccc1)c1ccccc1. The maximum atomic E-state index is 7.15. The molecule has 0 atom stereocenters. The first kappa shape index (κ1) is 17.0. The molecule has 1 saturated heterocycles. The minimum atomic E-state index is -2.35. The third kappa shape index (κ3) is 2.79. The smallest absolute Gasteiger partial charge is 0.261 e. The molecule has 0 aromatic heterocycles. The Kier molecular flexibility index (Phi) is 4.14. The molecule has 3 heteroatoms. The summed E-state index contributed by atoms with van der Waals surface area (Å²) in [5.74, 6) is 0. The second kappa shape index (κ2) is 6.08. The van der Waals surface area contributed by atoms with E-state index in [1.165, 1.54) is 36.3 Å². The van der Waals surface area contributed by atoms with E-state index in [2.05, 4.69) is 86.8 Å². The molecule has 1 spiro atoms. The summed E-state index contributed by atoms with van der Waals surface area (Å²) < 4.78 is 7.15. The second-order valence-electron chi connectivity index (χ2n) is 8.91. The van der Waals surface area contributed by atoms with E-state index in [0.29, 0.717) is 11.5 Å². The van der Waals surface area contributed by atoms with Crippen molar-refractivity contribution in [1.29, 1.82) is 0 Å². The lowest BCUT2D eigenvalue weighted by Gasteiger charge is -2.57. The molecule has 0 amide bonds. The van der Waals surface area contributed by atoms with E-state index in [1.54, 1.807) is 0 Å². The van der Waals surface area contributed by atoms with Gasteiger partial charge in [0.1, 0.15) is 0 Å². The molecular formula is C22H29NOSi. The Morgan fingerprint density at radius 3 is 1.72 bits per heavy atom. The molecule has 1 heterocycles. The van der Waals surface area contributed by atoms with E-state index < -0.39 is 8.32 Å². The summed E-state index contributed by atoms with van der Waals surface area (Å²) in [7, 11) is -2.35. The first-order valence-electron chi connectivity index (χ1n) is 9.45. The minimum absolute atomic E-state index is 0.0797. The van der Waals surface area contributed by atoms with Gasteiger partial charge in [-0.05, 0) is 28.3 Å². The first-order chi connectivity index (χ1) is 12.0. The molecule has 0 unspecified atom stereocenters. The molecule has 1 saturated carbocycles. The molecule has 0 radical (unpaired) electrons. The van der Waals surface area contributed by atoms with Gasteiger partial charge in [-0.3, -0.25) is 0 Å². The maximum Gasteiger partial charge on any atom is 0.261 e. The zero-order chi connectivity index (χ0) is 17.5. The topological polar surface area (TPSA) is 21.3 Å². The summed E-state index contributed by atoms with van der Waals surface area (Å²) in [5.41, 5.74) is 0.538. The van der Waals surface area contributed by atoms with Crippen LogP contribution in [-0.2, 0) is 4.43 Å². The van der Waals surface area contributed by atoms with Crippen LogP contribution in [0.1, 0.15) is 33.6 Å². The van der Waals surface area contributed by atoms with Crippen LogP contribution in [0, 0.1) is 5.41 Å². The highest BCUT2D eigenvalue weighted by atomic mass is 28.4. The predicted octanol–water partition coefficient (Wildman–Crippen LogP) is 3.32. The van der Waals surface area contributed by atoms with Crippen LogP contribution in [0.25, 0.3) is 0 Å². The van der Waals surface area contributed by atoms with Gasteiger partial charge in [-0.2, -0.15) is 0 Å². The Balaban J connectivity index is 1.76. The molecule has 4 rings (SSSR count). The lowest BCUT2D eigenvalue weighted by molar-refractivity contribution is -0.0543. The third-order valence-electron chi connectivity index (χ3n) is 6.08. The van der Waals surface area contributed by atoms with Gasteiger partial charge in [0, 0.05) is 24.6 Å². The van der Waals surface area contributed by atoms with Gasteiger partial charge in [-0.1, -0.05) is 81.4 Å². The monoisotopic (exact) mass is 351 g/mol. The largest absolute Gasteiger partial charge is 0.404 e. The molecule has 1 N–H and O–H groups in total. The lowest BCUT2D eigenvalue weighted by Crippen LogP contribution is -2.71. The van der Waals surface area contributed by atoms with Crippen LogP contribution in [0.5, 0.6) is 0 Å². The van der Waals surface area contributed by atoms with E-state index in [9.17, 15) is 0 Å².